The minimum Gasteiger partial charge on any atom is -0.444 e. The standard InChI is InChI=1S/C13H25NO4/c1-7-10(15)8(2)11(16)9(3)14-12(17)18-13(4,5)6/h8-9,11,16H,7H2,1-6H3,(H,14,17)/t8-,9+,11+/m1/s1. The molecule has 0 heterocycles. The molecule has 3 atom stereocenters. The molecule has 2 N–H and O–H groups in total. The van der Waals surface area contributed by atoms with Crippen molar-refractivity contribution < 1.29 is 19.4 Å². The fourth-order valence-corrected chi connectivity index (χ4v) is 1.52. The molecule has 18 heavy (non-hydrogen) atoms. The number of ether oxygens (including phenoxy) is 1. The monoisotopic (exact) mass is 259 g/mol. The van der Waals surface area contributed by atoms with Gasteiger partial charge in [0.05, 0.1) is 12.1 Å². The van der Waals surface area contributed by atoms with E-state index in [9.17, 15) is 14.7 Å². The van der Waals surface area contributed by atoms with Gasteiger partial charge < -0.3 is 15.2 Å². The first-order valence-corrected chi connectivity index (χ1v) is 6.28. The second-order valence-electron chi connectivity index (χ2n) is 5.53. The Bertz CT molecular complexity index is 296. The summed E-state index contributed by atoms with van der Waals surface area (Å²) in [5, 5.41) is 12.5. The van der Waals surface area contributed by atoms with Crippen LogP contribution in [0.4, 0.5) is 4.79 Å². The molecule has 0 aliphatic carbocycles. The summed E-state index contributed by atoms with van der Waals surface area (Å²) >= 11 is 0. The number of carbonyl (C=O) groups excluding carboxylic acids is 2. The first-order chi connectivity index (χ1) is 8.08. The van der Waals surface area contributed by atoms with E-state index < -0.39 is 29.8 Å². The second-order valence-corrected chi connectivity index (χ2v) is 5.53. The normalized spacial score (nSPS) is 16.6. The molecule has 0 aromatic rings. The van der Waals surface area contributed by atoms with Gasteiger partial charge in [0.25, 0.3) is 0 Å². The van der Waals surface area contributed by atoms with Crippen LogP contribution >= 0.6 is 0 Å². The molecule has 0 aromatic heterocycles. The average Bonchev–Trinajstić information content (AvgIpc) is 2.22. The van der Waals surface area contributed by atoms with Crippen molar-refractivity contribution in [1.82, 2.24) is 5.32 Å². The molecular formula is C13H25NO4. The van der Waals surface area contributed by atoms with Gasteiger partial charge in [-0.3, -0.25) is 4.79 Å². The fraction of sp³-hybridized carbons (Fsp3) is 0.846. The zero-order valence-corrected chi connectivity index (χ0v) is 12.1. The fourth-order valence-electron chi connectivity index (χ4n) is 1.52. The summed E-state index contributed by atoms with van der Waals surface area (Å²) in [4.78, 5) is 23.0. The summed E-state index contributed by atoms with van der Waals surface area (Å²) in [6.07, 6.45) is -1.13. The van der Waals surface area contributed by atoms with Gasteiger partial charge in [0.1, 0.15) is 11.4 Å². The third-order valence-electron chi connectivity index (χ3n) is 2.63. The summed E-state index contributed by atoms with van der Waals surface area (Å²) in [6.45, 7) is 10.3. The number of amides is 1. The van der Waals surface area contributed by atoms with Gasteiger partial charge >= 0.3 is 6.09 Å². The molecule has 0 saturated carbocycles. The van der Waals surface area contributed by atoms with Crippen molar-refractivity contribution in [3.8, 4) is 0 Å². The van der Waals surface area contributed by atoms with Crippen LogP contribution < -0.4 is 5.32 Å². The van der Waals surface area contributed by atoms with Crippen LogP contribution in [0.5, 0.6) is 0 Å². The zero-order valence-electron chi connectivity index (χ0n) is 12.1. The first kappa shape index (κ1) is 16.9. The average molecular weight is 259 g/mol. The van der Waals surface area contributed by atoms with Gasteiger partial charge in [-0.05, 0) is 27.7 Å². The van der Waals surface area contributed by atoms with Crippen LogP contribution in [-0.2, 0) is 9.53 Å². The molecule has 0 spiro atoms. The number of Topliss-reactive ketones (excluding diaryl/α,β-unsaturated/α-hetero) is 1. The van der Waals surface area contributed by atoms with Crippen molar-refractivity contribution >= 4 is 11.9 Å². The smallest absolute Gasteiger partial charge is 0.407 e. The maximum atomic E-state index is 11.5. The number of nitrogens with one attached hydrogen (secondary N) is 1. The lowest BCUT2D eigenvalue weighted by atomic mass is 9.93. The quantitative estimate of drug-likeness (QED) is 0.790. The van der Waals surface area contributed by atoms with Gasteiger partial charge in [-0.15, -0.1) is 0 Å². The largest absolute Gasteiger partial charge is 0.444 e. The number of ketones is 1. The lowest BCUT2D eigenvalue weighted by Crippen LogP contribution is -2.47. The van der Waals surface area contributed by atoms with E-state index in [1.807, 2.05) is 0 Å². The van der Waals surface area contributed by atoms with Crippen LogP contribution in [0.2, 0.25) is 0 Å². The molecule has 0 radical (unpaired) electrons. The van der Waals surface area contributed by atoms with E-state index >= 15 is 0 Å². The Balaban J connectivity index is 4.36. The second kappa shape index (κ2) is 6.73. The molecule has 0 rings (SSSR count). The number of alkyl carbamates (subject to hydrolysis) is 1. The Morgan fingerprint density at radius 2 is 1.78 bits per heavy atom. The summed E-state index contributed by atoms with van der Waals surface area (Å²) in [5.41, 5.74) is -0.584. The van der Waals surface area contributed by atoms with Gasteiger partial charge in [0.15, 0.2) is 0 Å². The molecule has 0 fully saturated rings. The number of hydrogen-bond donors (Lipinski definition) is 2. The van der Waals surface area contributed by atoms with E-state index in [0.29, 0.717) is 6.42 Å². The van der Waals surface area contributed by atoms with Crippen molar-refractivity contribution in [3.05, 3.63) is 0 Å². The highest BCUT2D eigenvalue weighted by atomic mass is 16.6. The summed E-state index contributed by atoms with van der Waals surface area (Å²) < 4.78 is 5.08. The predicted molar refractivity (Wildman–Crippen MR) is 69.3 cm³/mol. The topological polar surface area (TPSA) is 75.6 Å². The van der Waals surface area contributed by atoms with Crippen LogP contribution in [0.1, 0.15) is 48.0 Å². The Labute approximate surface area is 109 Å². The van der Waals surface area contributed by atoms with Crippen molar-refractivity contribution in [3.63, 3.8) is 0 Å². The van der Waals surface area contributed by atoms with Crippen LogP contribution in [0.25, 0.3) is 0 Å². The Hall–Kier alpha value is -1.10. The van der Waals surface area contributed by atoms with E-state index in [-0.39, 0.29) is 5.78 Å². The van der Waals surface area contributed by atoms with E-state index in [0.717, 1.165) is 0 Å². The third kappa shape index (κ3) is 6.00. The zero-order chi connectivity index (χ0) is 14.5. The minimum absolute atomic E-state index is 0.0275. The molecule has 5 nitrogen and oxygen atoms in total. The molecule has 106 valence electrons. The Kier molecular flexibility index (Phi) is 6.32. The summed E-state index contributed by atoms with van der Waals surface area (Å²) in [6, 6.07) is -0.537. The summed E-state index contributed by atoms with van der Waals surface area (Å²) in [7, 11) is 0. The Morgan fingerprint density at radius 1 is 1.28 bits per heavy atom. The molecule has 0 aliphatic heterocycles. The van der Waals surface area contributed by atoms with Crippen molar-refractivity contribution in [1.29, 1.82) is 0 Å². The van der Waals surface area contributed by atoms with E-state index in [4.69, 9.17) is 4.74 Å². The number of aliphatic hydroxyl groups excluding tert-OH is 1. The highest BCUT2D eigenvalue weighted by Gasteiger charge is 2.28. The van der Waals surface area contributed by atoms with Gasteiger partial charge in [-0.2, -0.15) is 0 Å². The van der Waals surface area contributed by atoms with E-state index in [2.05, 4.69) is 5.32 Å². The number of hydrogen-bond acceptors (Lipinski definition) is 4. The predicted octanol–water partition coefficient (Wildman–Crippen LogP) is 1.88. The molecule has 0 aromatic carbocycles. The van der Waals surface area contributed by atoms with E-state index in [1.54, 1.807) is 41.5 Å². The van der Waals surface area contributed by atoms with Gasteiger partial charge in [0.2, 0.25) is 0 Å². The highest BCUT2D eigenvalue weighted by Crippen LogP contribution is 2.12. The van der Waals surface area contributed by atoms with Crippen LogP contribution in [0.15, 0.2) is 0 Å². The van der Waals surface area contributed by atoms with Crippen LogP contribution in [0.3, 0.4) is 0 Å². The molecular weight excluding hydrogens is 234 g/mol. The van der Waals surface area contributed by atoms with Crippen molar-refractivity contribution in [2.75, 3.05) is 0 Å². The minimum atomic E-state index is -0.912. The molecule has 5 heteroatoms. The Morgan fingerprint density at radius 3 is 2.17 bits per heavy atom. The number of carbonyl (C=O) groups is 2. The lowest BCUT2D eigenvalue weighted by molar-refractivity contribution is -0.125. The van der Waals surface area contributed by atoms with E-state index in [1.165, 1.54) is 0 Å². The van der Waals surface area contributed by atoms with Gasteiger partial charge in [-0.25, -0.2) is 4.79 Å². The maximum absolute atomic E-state index is 11.5. The number of aliphatic hydroxyl groups is 1. The van der Waals surface area contributed by atoms with Crippen LogP contribution in [0, 0.1) is 5.92 Å². The number of rotatable bonds is 5. The molecule has 0 saturated heterocycles. The molecule has 0 bridgehead atoms. The molecule has 1 amide bonds. The SMILES string of the molecule is CCC(=O)[C@@H](C)[C@H](O)[C@H](C)NC(=O)OC(C)(C)C. The molecule has 0 unspecified atom stereocenters. The molecule has 0 aliphatic rings. The lowest BCUT2D eigenvalue weighted by Gasteiger charge is -2.26. The van der Waals surface area contributed by atoms with Gasteiger partial charge in [-0.1, -0.05) is 13.8 Å². The van der Waals surface area contributed by atoms with Crippen molar-refractivity contribution in [2.45, 2.75) is 65.7 Å². The highest BCUT2D eigenvalue weighted by molar-refractivity contribution is 5.81. The maximum Gasteiger partial charge on any atom is 0.407 e. The third-order valence-corrected chi connectivity index (χ3v) is 2.63. The van der Waals surface area contributed by atoms with Gasteiger partial charge in [0, 0.05) is 12.3 Å². The summed E-state index contributed by atoms with van der Waals surface area (Å²) in [5.74, 6) is -0.528. The first-order valence-electron chi connectivity index (χ1n) is 6.28. The van der Waals surface area contributed by atoms with Crippen molar-refractivity contribution in [2.24, 2.45) is 5.92 Å². The van der Waals surface area contributed by atoms with Crippen LogP contribution in [-0.4, -0.2) is 34.7 Å².